The Kier molecular flexibility index (Phi) is 3.52. The van der Waals surface area contributed by atoms with Gasteiger partial charge in [0.25, 0.3) is 0 Å². The van der Waals surface area contributed by atoms with E-state index in [0.717, 1.165) is 11.4 Å². The molecule has 1 nitrogen and oxygen atoms in total. The Morgan fingerprint density at radius 1 is 1.44 bits per heavy atom. The molecule has 0 fully saturated rings. The lowest BCUT2D eigenvalue weighted by molar-refractivity contribution is 1.02. The van der Waals surface area contributed by atoms with E-state index < -0.39 is 0 Å². The molecule has 0 radical (unpaired) electrons. The van der Waals surface area contributed by atoms with E-state index in [9.17, 15) is 0 Å². The van der Waals surface area contributed by atoms with Crippen molar-refractivity contribution in [1.29, 1.82) is 0 Å². The lowest BCUT2D eigenvalue weighted by atomic mass is 10.4. The van der Waals surface area contributed by atoms with Crippen molar-refractivity contribution in [2.24, 2.45) is 0 Å². The van der Waals surface area contributed by atoms with Crippen LogP contribution in [0.15, 0.2) is 36.7 Å². The highest BCUT2D eigenvalue weighted by Crippen LogP contribution is 1.90. The van der Waals surface area contributed by atoms with Crippen LogP contribution in [0.25, 0.3) is 0 Å². The zero-order valence-corrected chi connectivity index (χ0v) is 6.07. The van der Waals surface area contributed by atoms with Gasteiger partial charge >= 0.3 is 0 Å². The summed E-state index contributed by atoms with van der Waals surface area (Å²) in [4.78, 5) is 0. The highest BCUT2D eigenvalue weighted by molar-refractivity contribution is 5.15. The van der Waals surface area contributed by atoms with Gasteiger partial charge in [0.15, 0.2) is 0 Å². The third-order valence-corrected chi connectivity index (χ3v) is 0.742. The van der Waals surface area contributed by atoms with Crippen LogP contribution in [0.3, 0.4) is 0 Å². The number of hydrogen-bond acceptors (Lipinski definition) is 1. The summed E-state index contributed by atoms with van der Waals surface area (Å²) in [7, 11) is 0. The molecule has 9 heavy (non-hydrogen) atoms. The summed E-state index contributed by atoms with van der Waals surface area (Å²) in [6.45, 7) is 11.2. The topological polar surface area (TPSA) is 12.0 Å². The van der Waals surface area contributed by atoms with E-state index in [1.807, 2.05) is 26.0 Å². The van der Waals surface area contributed by atoms with Crippen LogP contribution in [0.5, 0.6) is 0 Å². The molecule has 0 unspecified atom stereocenters. The van der Waals surface area contributed by atoms with E-state index in [2.05, 4.69) is 18.5 Å². The lowest BCUT2D eigenvalue weighted by Crippen LogP contribution is -2.05. The Hall–Kier alpha value is -0.980. The first-order valence-electron chi connectivity index (χ1n) is 2.91. The summed E-state index contributed by atoms with van der Waals surface area (Å²) in [6, 6.07) is 0. The second kappa shape index (κ2) is 3.96. The molecule has 0 heterocycles. The average Bonchev–Trinajstić information content (AvgIpc) is 1.63. The van der Waals surface area contributed by atoms with Crippen molar-refractivity contribution in [2.75, 3.05) is 0 Å². The number of nitrogens with one attached hydrogen (secondary N) is 1. The highest BCUT2D eigenvalue weighted by atomic mass is 14.9. The van der Waals surface area contributed by atoms with Gasteiger partial charge in [-0.15, -0.1) is 0 Å². The van der Waals surface area contributed by atoms with Crippen molar-refractivity contribution < 1.29 is 0 Å². The minimum Gasteiger partial charge on any atom is -0.360 e. The summed E-state index contributed by atoms with van der Waals surface area (Å²) in [6.07, 6.45) is 3.83. The fourth-order valence-corrected chi connectivity index (χ4v) is 0.517. The van der Waals surface area contributed by atoms with Gasteiger partial charge in [-0.1, -0.05) is 19.2 Å². The Labute approximate surface area is 56.8 Å². The second-order valence-corrected chi connectivity index (χ2v) is 1.93. The molecule has 1 heteroatoms. The van der Waals surface area contributed by atoms with Crippen LogP contribution in [0.2, 0.25) is 0 Å². The first-order valence-corrected chi connectivity index (χ1v) is 2.91. The summed E-state index contributed by atoms with van der Waals surface area (Å²) in [5.41, 5.74) is 1.79. The van der Waals surface area contributed by atoms with E-state index in [0.29, 0.717) is 0 Å². The summed E-state index contributed by atoms with van der Waals surface area (Å²) in [5.74, 6) is 0. The predicted molar refractivity (Wildman–Crippen MR) is 41.9 cm³/mol. The van der Waals surface area contributed by atoms with Crippen molar-refractivity contribution in [3.8, 4) is 0 Å². The van der Waals surface area contributed by atoms with Gasteiger partial charge in [-0.05, 0) is 19.9 Å². The maximum absolute atomic E-state index is 3.73. The van der Waals surface area contributed by atoms with E-state index in [1.165, 1.54) is 0 Å². The minimum atomic E-state index is 0.880. The summed E-state index contributed by atoms with van der Waals surface area (Å²) < 4.78 is 0. The lowest BCUT2D eigenvalue weighted by Gasteiger charge is -2.01. The predicted octanol–water partition coefficient (Wildman–Crippen LogP) is 2.20. The standard InChI is InChI=1S/C8H13N/c1-5-6-8(4)9-7(2)3/h5-6,9H,2,4H2,1,3H3/b6-5-. The normalized spacial score (nSPS) is 9.56. The van der Waals surface area contributed by atoms with Crippen molar-refractivity contribution >= 4 is 0 Å². The van der Waals surface area contributed by atoms with E-state index in [-0.39, 0.29) is 0 Å². The molecule has 0 aliphatic carbocycles. The molecular formula is C8H13N. The molecule has 1 N–H and O–H groups in total. The fourth-order valence-electron chi connectivity index (χ4n) is 0.517. The van der Waals surface area contributed by atoms with E-state index >= 15 is 0 Å². The number of hydrogen-bond donors (Lipinski definition) is 1. The van der Waals surface area contributed by atoms with Crippen LogP contribution in [-0.2, 0) is 0 Å². The van der Waals surface area contributed by atoms with Gasteiger partial charge in [-0.3, -0.25) is 0 Å². The van der Waals surface area contributed by atoms with Crippen molar-refractivity contribution in [2.45, 2.75) is 13.8 Å². The van der Waals surface area contributed by atoms with Gasteiger partial charge in [-0.25, -0.2) is 0 Å². The largest absolute Gasteiger partial charge is 0.360 e. The molecule has 0 atom stereocenters. The Morgan fingerprint density at radius 3 is 2.33 bits per heavy atom. The van der Waals surface area contributed by atoms with Crippen molar-refractivity contribution in [3.05, 3.63) is 36.7 Å². The first kappa shape index (κ1) is 8.02. The van der Waals surface area contributed by atoms with Crippen LogP contribution in [-0.4, -0.2) is 0 Å². The van der Waals surface area contributed by atoms with Crippen LogP contribution >= 0.6 is 0 Å². The molecule has 0 saturated heterocycles. The monoisotopic (exact) mass is 123 g/mol. The van der Waals surface area contributed by atoms with Crippen LogP contribution in [0, 0.1) is 0 Å². The molecule has 0 aromatic carbocycles. The molecule has 0 aliphatic heterocycles. The zero-order valence-electron chi connectivity index (χ0n) is 6.07. The SMILES string of the molecule is C=C(C)NC(=C)/C=C\C. The van der Waals surface area contributed by atoms with Crippen molar-refractivity contribution in [1.82, 2.24) is 5.32 Å². The van der Waals surface area contributed by atoms with Gasteiger partial charge in [-0.2, -0.15) is 0 Å². The Bertz CT molecular complexity index is 143. The van der Waals surface area contributed by atoms with Crippen molar-refractivity contribution in [3.63, 3.8) is 0 Å². The molecule has 50 valence electrons. The van der Waals surface area contributed by atoms with Crippen LogP contribution in [0.4, 0.5) is 0 Å². The second-order valence-electron chi connectivity index (χ2n) is 1.93. The molecule has 0 saturated carbocycles. The maximum Gasteiger partial charge on any atom is 0.0305 e. The molecule has 0 rings (SSSR count). The molecule has 0 bridgehead atoms. The Balaban J connectivity index is 3.64. The van der Waals surface area contributed by atoms with Gasteiger partial charge in [0, 0.05) is 11.4 Å². The molecule has 0 aliphatic rings. The van der Waals surface area contributed by atoms with Gasteiger partial charge in [0.1, 0.15) is 0 Å². The van der Waals surface area contributed by atoms with E-state index in [1.54, 1.807) is 0 Å². The number of rotatable bonds is 3. The third kappa shape index (κ3) is 4.88. The maximum atomic E-state index is 3.73. The summed E-state index contributed by atoms with van der Waals surface area (Å²) in [5, 5.41) is 2.97. The zero-order chi connectivity index (χ0) is 7.28. The highest BCUT2D eigenvalue weighted by Gasteiger charge is 1.82. The minimum absolute atomic E-state index is 0.880. The van der Waals surface area contributed by atoms with Crippen LogP contribution < -0.4 is 5.32 Å². The quantitative estimate of drug-likeness (QED) is 0.567. The molecular weight excluding hydrogens is 110 g/mol. The summed E-state index contributed by atoms with van der Waals surface area (Å²) >= 11 is 0. The smallest absolute Gasteiger partial charge is 0.0305 e. The number of allylic oxidation sites excluding steroid dienone is 3. The molecule has 0 aromatic rings. The molecule has 0 spiro atoms. The first-order chi connectivity index (χ1) is 4.16. The molecule has 0 aromatic heterocycles. The van der Waals surface area contributed by atoms with Gasteiger partial charge in [0.2, 0.25) is 0 Å². The van der Waals surface area contributed by atoms with Gasteiger partial charge < -0.3 is 5.32 Å². The Morgan fingerprint density at radius 2 is 2.00 bits per heavy atom. The average molecular weight is 123 g/mol. The van der Waals surface area contributed by atoms with Crippen LogP contribution in [0.1, 0.15) is 13.8 Å². The van der Waals surface area contributed by atoms with E-state index in [4.69, 9.17) is 0 Å². The fraction of sp³-hybridized carbons (Fsp3) is 0.250. The third-order valence-electron chi connectivity index (χ3n) is 0.742. The molecule has 0 amide bonds. The van der Waals surface area contributed by atoms with Gasteiger partial charge in [0.05, 0.1) is 0 Å².